The predicted molar refractivity (Wildman–Crippen MR) is 305 cm³/mol. The first-order valence-corrected chi connectivity index (χ1v) is 27.5. The second kappa shape index (κ2) is 38.0. The number of aliphatic hydroxyl groups is 2. The first-order chi connectivity index (χ1) is 40.5. The summed E-state index contributed by atoms with van der Waals surface area (Å²) >= 11 is 0. The quantitative estimate of drug-likeness (QED) is 0.0167. The van der Waals surface area contributed by atoms with Crippen LogP contribution >= 0.6 is 0 Å². The second-order valence-corrected chi connectivity index (χ2v) is 20.5. The number of phenols is 1. The maximum Gasteiger partial charge on any atom is 0.328 e. The number of nitrogens with one attached hydrogen (secondary N) is 10. The lowest BCUT2D eigenvalue weighted by atomic mass is 10.0. The van der Waals surface area contributed by atoms with E-state index >= 15 is 0 Å². The molecule has 2 rings (SSSR count). The number of H-pyrrole nitrogens is 1. The number of primary amides is 1. The van der Waals surface area contributed by atoms with Crippen LogP contribution < -0.4 is 76.5 Å². The molecule has 0 aliphatic carbocycles. The number of nitrogens with zero attached hydrogens (tertiary/aromatic N) is 2. The predicted octanol–water partition coefficient (Wildman–Crippen LogP) is -6.96. The van der Waals surface area contributed by atoms with E-state index in [4.69, 9.17) is 28.7 Å². The van der Waals surface area contributed by atoms with Gasteiger partial charge < -0.3 is 107 Å². The molecule has 0 bridgehead atoms. The van der Waals surface area contributed by atoms with Crippen LogP contribution in [-0.4, -0.2) is 199 Å². The van der Waals surface area contributed by atoms with Crippen molar-refractivity contribution in [2.45, 2.75) is 158 Å². The minimum Gasteiger partial charge on any atom is -0.508 e. The molecule has 1 aromatic heterocycles. The molecule has 25 N–H and O–H groups in total. The van der Waals surface area contributed by atoms with Crippen LogP contribution in [0.1, 0.15) is 96.2 Å². The summed E-state index contributed by atoms with van der Waals surface area (Å²) < 4.78 is 0. The molecule has 86 heavy (non-hydrogen) atoms. The van der Waals surface area contributed by atoms with Gasteiger partial charge in [-0.1, -0.05) is 26.0 Å². The SMILES string of the molecule is CC(C)C[C@H](NC(=O)CNC(=O)[C@H](CCC(=O)O)NC(=O)[C@H](CCCCN)NC(=O)[C@H](CCC(N)=O)NC(=O)[C@H](CO)NC(=O)[C@@H](N)CCCN=C(N)N)C(=O)N[C@@H](Cc1cnc[nH]1)C(=O)N[C@@H](Cc1ccc(O)cc1)C(=O)N[C@H](C(=O)O)[C@@H](C)O. The van der Waals surface area contributed by atoms with E-state index in [1.807, 2.05) is 0 Å². The van der Waals surface area contributed by atoms with Crippen LogP contribution in [0.2, 0.25) is 0 Å². The second-order valence-electron chi connectivity index (χ2n) is 20.5. The molecule has 0 fully saturated rings. The Morgan fingerprint density at radius 1 is 0.616 bits per heavy atom. The van der Waals surface area contributed by atoms with E-state index in [1.165, 1.54) is 36.8 Å². The van der Waals surface area contributed by atoms with Gasteiger partial charge in [0, 0.05) is 44.1 Å². The zero-order valence-electron chi connectivity index (χ0n) is 48.0. The lowest BCUT2D eigenvalue weighted by Crippen LogP contribution is -2.60. The normalized spacial score (nSPS) is 14.5. The van der Waals surface area contributed by atoms with E-state index in [2.05, 4.69) is 62.8 Å². The highest BCUT2D eigenvalue weighted by Crippen LogP contribution is 2.14. The zero-order chi connectivity index (χ0) is 64.6. The Hall–Kier alpha value is -9.02. The Labute approximate surface area is 494 Å². The number of carboxylic acids is 2. The molecular weight excluding hydrogens is 1130 g/mol. The standard InChI is InChI=1S/C52H83N17O17/c1-26(2)19-35(47(81)67-37(21-29-22-58-25-61-29)48(82)66-36(20-28-9-11-30(72)12-10-28)49(83)69-42(27(3)71)51(85)86)62-40(74)23-60-44(78)33(14-16-41(75)76)64-45(79)32(8-4-5-17-53)63-46(80)34(13-15-39(55)73)65-50(84)38(24-70)68-43(77)31(54)7-6-18-59-52(56)57/h9-12,22,25-27,31-38,42,70-72H,4-8,13-21,23-24,53-54H2,1-3H3,(H2,55,73)(H,58,61)(H,60,78)(H,62,74)(H,63,80)(H,64,79)(H,65,84)(H,66,82)(H,67,81)(H,68,77)(H,69,83)(H,75,76)(H,85,86)(H4,56,57,59)/t27-,31+,32+,33+,34+,35+,36+,37+,38+,42+/m1/s1. The van der Waals surface area contributed by atoms with Gasteiger partial charge in [-0.3, -0.25) is 57.7 Å². The average Bonchev–Trinajstić information content (AvgIpc) is 4.09. The number of unbranched alkanes of at least 4 members (excludes halogenated alkanes) is 1. The summed E-state index contributed by atoms with van der Waals surface area (Å²) in [6.07, 6.45) is -0.954. The fourth-order valence-corrected chi connectivity index (χ4v) is 8.12. The largest absolute Gasteiger partial charge is 0.508 e. The molecule has 0 radical (unpaired) electrons. The number of carbonyl (C=O) groups excluding carboxylic acids is 10. The number of hydrogen-bond donors (Lipinski definition) is 20. The number of aromatic nitrogens is 2. The molecule has 2 aromatic rings. The maximum absolute atomic E-state index is 14.2. The van der Waals surface area contributed by atoms with Gasteiger partial charge in [-0.05, 0) is 88.4 Å². The van der Waals surface area contributed by atoms with Crippen molar-refractivity contribution in [1.29, 1.82) is 0 Å². The fraction of sp³-hybridized carbons (Fsp3) is 0.577. The third-order valence-electron chi connectivity index (χ3n) is 12.7. The molecule has 0 aliphatic rings. The molecule has 0 aliphatic heterocycles. The van der Waals surface area contributed by atoms with Crippen molar-refractivity contribution in [3.8, 4) is 5.75 Å². The summed E-state index contributed by atoms with van der Waals surface area (Å²) in [4.78, 5) is 169. The highest BCUT2D eigenvalue weighted by molar-refractivity contribution is 5.98. The van der Waals surface area contributed by atoms with Crippen molar-refractivity contribution in [2.75, 3.05) is 26.2 Å². The molecule has 1 heterocycles. The Balaban J connectivity index is 2.35. The van der Waals surface area contributed by atoms with Gasteiger partial charge >= 0.3 is 11.9 Å². The van der Waals surface area contributed by atoms with E-state index in [-0.39, 0.29) is 75.7 Å². The van der Waals surface area contributed by atoms with Gasteiger partial charge in [0.25, 0.3) is 0 Å². The molecule has 0 unspecified atom stereocenters. The summed E-state index contributed by atoms with van der Waals surface area (Å²) in [5, 5.41) is 70.6. The summed E-state index contributed by atoms with van der Waals surface area (Å²) in [5.41, 5.74) is 28.3. The number of phenolic OH excluding ortho intramolecular Hbond substituents is 1. The molecule has 1 aromatic carbocycles. The van der Waals surface area contributed by atoms with Gasteiger partial charge in [-0.25, -0.2) is 9.78 Å². The van der Waals surface area contributed by atoms with Crippen LogP contribution in [0.25, 0.3) is 0 Å². The Morgan fingerprint density at radius 3 is 1.66 bits per heavy atom. The number of carbonyl (C=O) groups is 12. The van der Waals surface area contributed by atoms with Crippen LogP contribution in [0.15, 0.2) is 41.8 Å². The van der Waals surface area contributed by atoms with Crippen molar-refractivity contribution < 1.29 is 83.1 Å². The molecular formula is C52H83N17O17. The van der Waals surface area contributed by atoms with E-state index in [9.17, 15) is 83.1 Å². The van der Waals surface area contributed by atoms with Crippen molar-refractivity contribution in [3.05, 3.63) is 48.0 Å². The number of benzene rings is 1. The van der Waals surface area contributed by atoms with Gasteiger partial charge in [-0.15, -0.1) is 0 Å². The Morgan fingerprint density at radius 2 is 1.14 bits per heavy atom. The highest BCUT2D eigenvalue weighted by Gasteiger charge is 2.35. The van der Waals surface area contributed by atoms with Crippen molar-refractivity contribution in [3.63, 3.8) is 0 Å². The monoisotopic (exact) mass is 1220 g/mol. The molecule has 10 amide bonds. The van der Waals surface area contributed by atoms with Crippen LogP contribution in [0.5, 0.6) is 5.75 Å². The number of aliphatic hydroxyl groups excluding tert-OH is 2. The smallest absolute Gasteiger partial charge is 0.328 e. The minimum atomic E-state index is -1.79. The van der Waals surface area contributed by atoms with Crippen LogP contribution in [-0.2, 0) is 70.4 Å². The van der Waals surface area contributed by atoms with Gasteiger partial charge in [-0.2, -0.15) is 0 Å². The number of guanidine groups is 1. The van der Waals surface area contributed by atoms with Gasteiger partial charge in [0.2, 0.25) is 59.1 Å². The minimum absolute atomic E-state index is 0.0513. The third kappa shape index (κ3) is 28.0. The van der Waals surface area contributed by atoms with E-state index < -0.39 is 170 Å². The number of amides is 10. The lowest BCUT2D eigenvalue weighted by Gasteiger charge is -2.27. The van der Waals surface area contributed by atoms with Gasteiger partial charge in [0.05, 0.1) is 31.6 Å². The molecule has 0 saturated carbocycles. The van der Waals surface area contributed by atoms with Crippen LogP contribution in [0.4, 0.5) is 0 Å². The summed E-state index contributed by atoms with van der Waals surface area (Å²) in [6, 6.07) is -8.40. The molecule has 34 heteroatoms. The van der Waals surface area contributed by atoms with Gasteiger partial charge in [0.1, 0.15) is 48.0 Å². The van der Waals surface area contributed by atoms with Crippen LogP contribution in [0.3, 0.4) is 0 Å². The number of aromatic hydroxyl groups is 1. The van der Waals surface area contributed by atoms with Crippen molar-refractivity contribution in [2.24, 2.45) is 39.6 Å². The summed E-state index contributed by atoms with van der Waals surface area (Å²) in [6.45, 7) is 3.00. The molecule has 34 nitrogen and oxygen atoms in total. The summed E-state index contributed by atoms with van der Waals surface area (Å²) in [5.74, 6) is -13.5. The topological polar surface area (TPSA) is 585 Å². The van der Waals surface area contributed by atoms with Gasteiger partial charge in [0.15, 0.2) is 12.0 Å². The number of aliphatic imine (C=N–C) groups is 1. The molecule has 0 saturated heterocycles. The zero-order valence-corrected chi connectivity index (χ0v) is 48.0. The number of nitrogens with two attached hydrogens (primary N) is 5. The average molecular weight is 1220 g/mol. The highest BCUT2D eigenvalue weighted by atomic mass is 16.4. The Kier molecular flexibility index (Phi) is 32.3. The number of imidazole rings is 1. The maximum atomic E-state index is 14.2. The number of hydrogen-bond acceptors (Lipinski definition) is 19. The van der Waals surface area contributed by atoms with Crippen molar-refractivity contribution >= 4 is 77.0 Å². The van der Waals surface area contributed by atoms with Crippen molar-refractivity contribution in [1.82, 2.24) is 57.8 Å². The number of carboxylic acid groups (broad SMARTS) is 2. The van der Waals surface area contributed by atoms with Crippen LogP contribution in [0, 0.1) is 5.92 Å². The number of aromatic amines is 1. The number of aliphatic carboxylic acids is 2. The third-order valence-corrected chi connectivity index (χ3v) is 12.7. The molecule has 10 atom stereocenters. The molecule has 478 valence electrons. The van der Waals surface area contributed by atoms with E-state index in [1.54, 1.807) is 13.8 Å². The number of rotatable bonds is 41. The molecule has 0 spiro atoms. The fourth-order valence-electron chi connectivity index (χ4n) is 8.12. The lowest BCUT2D eigenvalue weighted by molar-refractivity contribution is -0.145. The van der Waals surface area contributed by atoms with E-state index in [0.29, 0.717) is 17.7 Å². The summed E-state index contributed by atoms with van der Waals surface area (Å²) in [7, 11) is 0. The van der Waals surface area contributed by atoms with E-state index in [0.717, 1.165) is 6.92 Å². The first-order valence-electron chi connectivity index (χ1n) is 27.5. The Bertz CT molecular complexity index is 2620. The first kappa shape index (κ1) is 73.1.